The number of nitro benzene ring substituents is 1. The van der Waals surface area contributed by atoms with Gasteiger partial charge in [0.05, 0.1) is 21.2 Å². The fraction of sp³-hybridized carbons (Fsp3) is 0.0714. The molecule has 2 aromatic rings. The number of benzene rings is 2. The highest BCUT2D eigenvalue weighted by molar-refractivity contribution is 6.34. The third-order valence-electron chi connectivity index (χ3n) is 2.86. The van der Waals surface area contributed by atoms with E-state index in [2.05, 4.69) is 5.32 Å². The van der Waals surface area contributed by atoms with Gasteiger partial charge in [-0.25, -0.2) is 4.39 Å². The van der Waals surface area contributed by atoms with Crippen molar-refractivity contribution in [1.82, 2.24) is 0 Å². The van der Waals surface area contributed by atoms with Crippen molar-refractivity contribution in [1.29, 1.82) is 0 Å². The van der Waals surface area contributed by atoms with E-state index >= 15 is 0 Å². The van der Waals surface area contributed by atoms with Crippen molar-refractivity contribution >= 4 is 28.9 Å². The average Bonchev–Trinajstić information content (AvgIpc) is 2.40. The predicted octanol–water partition coefficient (Wildman–Crippen LogP) is 3.95. The number of nitrogens with zero attached hydrogens (tertiary/aromatic N) is 1. The maximum absolute atomic E-state index is 13.0. The van der Waals surface area contributed by atoms with E-state index in [0.717, 1.165) is 12.1 Å². The summed E-state index contributed by atoms with van der Waals surface area (Å²) in [6, 6.07) is 7.51. The lowest BCUT2D eigenvalue weighted by Crippen LogP contribution is -2.13. The van der Waals surface area contributed by atoms with Gasteiger partial charge in [0.25, 0.3) is 11.6 Å². The quantitative estimate of drug-likeness (QED) is 0.689. The molecular formula is C14H10ClFN2O3. The molecule has 0 aliphatic heterocycles. The third kappa shape index (κ3) is 3.35. The Bertz CT molecular complexity index is 734. The van der Waals surface area contributed by atoms with E-state index < -0.39 is 16.6 Å². The fourth-order valence-electron chi connectivity index (χ4n) is 1.72. The van der Waals surface area contributed by atoms with Crippen molar-refractivity contribution in [3.8, 4) is 0 Å². The number of nitro groups is 1. The van der Waals surface area contributed by atoms with E-state index in [9.17, 15) is 19.3 Å². The smallest absolute Gasteiger partial charge is 0.271 e. The van der Waals surface area contributed by atoms with E-state index in [4.69, 9.17) is 11.6 Å². The minimum Gasteiger partial charge on any atom is -0.321 e. The zero-order valence-corrected chi connectivity index (χ0v) is 11.6. The number of amides is 1. The molecule has 1 N–H and O–H groups in total. The van der Waals surface area contributed by atoms with Gasteiger partial charge in [0.2, 0.25) is 0 Å². The van der Waals surface area contributed by atoms with Gasteiger partial charge in [0.1, 0.15) is 5.82 Å². The number of anilines is 1. The van der Waals surface area contributed by atoms with Gasteiger partial charge in [-0.15, -0.1) is 0 Å². The van der Waals surface area contributed by atoms with Crippen LogP contribution < -0.4 is 5.32 Å². The molecule has 2 aromatic carbocycles. The van der Waals surface area contributed by atoms with Gasteiger partial charge in [0, 0.05) is 12.1 Å². The summed E-state index contributed by atoms with van der Waals surface area (Å²) in [5, 5.41) is 13.2. The molecule has 0 aliphatic rings. The molecule has 0 atom stereocenters. The molecule has 0 saturated carbocycles. The molecule has 2 rings (SSSR count). The molecule has 0 spiro atoms. The molecule has 0 bridgehead atoms. The average molecular weight is 309 g/mol. The SMILES string of the molecule is Cc1ccc([N+](=O)[O-])cc1NC(=O)c1ccc(F)cc1Cl. The molecule has 7 heteroatoms. The predicted molar refractivity (Wildman–Crippen MR) is 77.2 cm³/mol. The van der Waals surface area contributed by atoms with E-state index in [-0.39, 0.29) is 16.3 Å². The van der Waals surface area contributed by atoms with Gasteiger partial charge in [-0.05, 0) is 30.7 Å². The van der Waals surface area contributed by atoms with Crippen LogP contribution in [0.5, 0.6) is 0 Å². The highest BCUT2D eigenvalue weighted by Crippen LogP contribution is 2.24. The minimum atomic E-state index is -0.566. The van der Waals surface area contributed by atoms with E-state index in [0.29, 0.717) is 11.3 Å². The number of carbonyl (C=O) groups is 1. The molecule has 0 unspecified atom stereocenters. The minimum absolute atomic E-state index is 0.0319. The summed E-state index contributed by atoms with van der Waals surface area (Å²) in [6.07, 6.45) is 0. The molecule has 0 heterocycles. The van der Waals surface area contributed by atoms with Gasteiger partial charge in [-0.2, -0.15) is 0 Å². The Morgan fingerprint density at radius 1 is 1.29 bits per heavy atom. The highest BCUT2D eigenvalue weighted by Gasteiger charge is 2.14. The van der Waals surface area contributed by atoms with Gasteiger partial charge in [-0.3, -0.25) is 14.9 Å². The Morgan fingerprint density at radius 3 is 2.62 bits per heavy atom. The van der Waals surface area contributed by atoms with E-state index in [1.807, 2.05) is 0 Å². The summed E-state index contributed by atoms with van der Waals surface area (Å²) in [5.74, 6) is -1.12. The molecular weight excluding hydrogens is 299 g/mol. The first-order valence-corrected chi connectivity index (χ1v) is 6.27. The van der Waals surface area contributed by atoms with Crippen LogP contribution in [0.1, 0.15) is 15.9 Å². The van der Waals surface area contributed by atoms with Crippen molar-refractivity contribution in [2.75, 3.05) is 5.32 Å². The van der Waals surface area contributed by atoms with Gasteiger partial charge in [-0.1, -0.05) is 17.7 Å². The molecule has 0 radical (unpaired) electrons. The third-order valence-corrected chi connectivity index (χ3v) is 3.17. The zero-order valence-electron chi connectivity index (χ0n) is 10.9. The number of hydrogen-bond donors (Lipinski definition) is 1. The second-order valence-electron chi connectivity index (χ2n) is 4.33. The normalized spacial score (nSPS) is 10.2. The maximum Gasteiger partial charge on any atom is 0.271 e. The van der Waals surface area contributed by atoms with Crippen molar-refractivity contribution in [3.63, 3.8) is 0 Å². The van der Waals surface area contributed by atoms with Crippen LogP contribution in [0, 0.1) is 22.9 Å². The first kappa shape index (κ1) is 14.9. The van der Waals surface area contributed by atoms with Crippen LogP contribution in [-0.4, -0.2) is 10.8 Å². The Labute approximate surface area is 124 Å². The number of nitrogens with one attached hydrogen (secondary N) is 1. The van der Waals surface area contributed by atoms with E-state index in [1.54, 1.807) is 6.92 Å². The lowest BCUT2D eigenvalue weighted by molar-refractivity contribution is -0.384. The number of carbonyl (C=O) groups excluding carboxylic acids is 1. The Morgan fingerprint density at radius 2 is 2.00 bits per heavy atom. The molecule has 5 nitrogen and oxygen atoms in total. The Hall–Kier alpha value is -2.47. The van der Waals surface area contributed by atoms with Crippen LogP contribution in [0.25, 0.3) is 0 Å². The van der Waals surface area contributed by atoms with Gasteiger partial charge >= 0.3 is 0 Å². The van der Waals surface area contributed by atoms with Crippen molar-refractivity contribution in [2.45, 2.75) is 6.92 Å². The van der Waals surface area contributed by atoms with Gasteiger partial charge < -0.3 is 5.32 Å². The summed E-state index contributed by atoms with van der Waals surface area (Å²) < 4.78 is 13.0. The topological polar surface area (TPSA) is 72.2 Å². The van der Waals surface area contributed by atoms with Crippen LogP contribution in [-0.2, 0) is 0 Å². The van der Waals surface area contributed by atoms with Crippen molar-refractivity contribution in [3.05, 3.63) is 68.5 Å². The van der Waals surface area contributed by atoms with Crippen LogP contribution in [0.15, 0.2) is 36.4 Å². The van der Waals surface area contributed by atoms with Crippen LogP contribution in [0.2, 0.25) is 5.02 Å². The number of non-ortho nitro benzene ring substituents is 1. The summed E-state index contributed by atoms with van der Waals surface area (Å²) >= 11 is 5.80. The second-order valence-corrected chi connectivity index (χ2v) is 4.74. The largest absolute Gasteiger partial charge is 0.321 e. The Kier molecular flexibility index (Phi) is 4.18. The molecule has 108 valence electrons. The molecule has 0 fully saturated rings. The molecule has 1 amide bonds. The lowest BCUT2D eigenvalue weighted by Gasteiger charge is -2.09. The summed E-state index contributed by atoms with van der Waals surface area (Å²) in [7, 11) is 0. The zero-order chi connectivity index (χ0) is 15.6. The number of aryl methyl sites for hydroxylation is 1. The first-order chi connectivity index (χ1) is 9.88. The van der Waals surface area contributed by atoms with Crippen LogP contribution in [0.3, 0.4) is 0 Å². The number of hydrogen-bond acceptors (Lipinski definition) is 3. The van der Waals surface area contributed by atoms with Crippen molar-refractivity contribution < 1.29 is 14.1 Å². The first-order valence-electron chi connectivity index (χ1n) is 5.90. The number of rotatable bonds is 3. The Balaban J connectivity index is 2.31. The summed E-state index contributed by atoms with van der Waals surface area (Å²) in [4.78, 5) is 22.3. The van der Waals surface area contributed by atoms with E-state index in [1.165, 1.54) is 24.3 Å². The standard InChI is InChI=1S/C14H10ClFN2O3/c1-8-2-4-10(18(20)21)7-13(8)17-14(19)11-5-3-9(16)6-12(11)15/h2-7H,1H3,(H,17,19). The highest BCUT2D eigenvalue weighted by atomic mass is 35.5. The molecule has 0 aromatic heterocycles. The summed E-state index contributed by atoms with van der Waals surface area (Å²) in [5.41, 5.74) is 0.909. The monoisotopic (exact) mass is 308 g/mol. The molecule has 0 saturated heterocycles. The van der Waals surface area contributed by atoms with Gasteiger partial charge in [0.15, 0.2) is 0 Å². The van der Waals surface area contributed by atoms with Crippen LogP contribution in [0.4, 0.5) is 15.8 Å². The summed E-state index contributed by atoms with van der Waals surface area (Å²) in [6.45, 7) is 1.70. The molecule has 21 heavy (non-hydrogen) atoms. The molecule has 0 aliphatic carbocycles. The number of halogens is 2. The van der Waals surface area contributed by atoms with Crippen LogP contribution >= 0.6 is 11.6 Å². The maximum atomic E-state index is 13.0. The van der Waals surface area contributed by atoms with Crippen molar-refractivity contribution in [2.24, 2.45) is 0 Å². The fourth-order valence-corrected chi connectivity index (χ4v) is 1.97. The lowest BCUT2D eigenvalue weighted by atomic mass is 10.1. The second kappa shape index (κ2) is 5.88.